The Hall–Kier alpha value is -1.41. The van der Waals surface area contributed by atoms with E-state index in [1.807, 2.05) is 30.6 Å². The maximum absolute atomic E-state index is 4.25. The van der Waals surface area contributed by atoms with Crippen LogP contribution >= 0.6 is 0 Å². The molecular weight excluding hydrogens is 148 g/mol. The van der Waals surface area contributed by atoms with E-state index in [9.17, 15) is 0 Å². The lowest BCUT2D eigenvalue weighted by atomic mass is 10.2. The molecule has 1 aromatic carbocycles. The maximum Gasteiger partial charge on any atom is 0.245 e. The van der Waals surface area contributed by atoms with Gasteiger partial charge in [-0.3, -0.25) is 0 Å². The van der Waals surface area contributed by atoms with Crippen molar-refractivity contribution in [2.45, 2.75) is 0 Å². The normalized spacial score (nSPS) is 14.7. The molecule has 2 rings (SSSR count). The average molecular weight is 158 g/mol. The van der Waals surface area contributed by atoms with Crippen molar-refractivity contribution < 1.29 is 0 Å². The Labute approximate surface area is 71.9 Å². The zero-order chi connectivity index (χ0) is 8.39. The SMILES string of the molecule is C=CC[N+]1C=Nc2ccccc21. The van der Waals surface area contributed by atoms with Crippen LogP contribution in [0.1, 0.15) is 0 Å². The van der Waals surface area contributed by atoms with Gasteiger partial charge in [0.05, 0.1) is 0 Å². The van der Waals surface area contributed by atoms with Gasteiger partial charge in [0.25, 0.3) is 0 Å². The van der Waals surface area contributed by atoms with Crippen LogP contribution in [0.4, 0.5) is 11.4 Å². The summed E-state index contributed by atoms with van der Waals surface area (Å²) in [6.45, 7) is 4.51. The van der Waals surface area contributed by atoms with Crippen LogP contribution in [0.25, 0.3) is 0 Å². The summed E-state index contributed by atoms with van der Waals surface area (Å²) in [5.41, 5.74) is 2.21. The van der Waals surface area contributed by atoms with E-state index in [0.717, 1.165) is 17.9 Å². The van der Waals surface area contributed by atoms with Crippen LogP contribution in [0.2, 0.25) is 0 Å². The van der Waals surface area contributed by atoms with Gasteiger partial charge in [0.2, 0.25) is 12.0 Å². The van der Waals surface area contributed by atoms with Gasteiger partial charge in [0.15, 0.2) is 6.54 Å². The van der Waals surface area contributed by atoms with Crippen molar-refractivity contribution >= 4 is 17.7 Å². The van der Waals surface area contributed by atoms with Crippen LogP contribution < -0.4 is 4.90 Å². The van der Waals surface area contributed by atoms with Crippen molar-refractivity contribution in [3.63, 3.8) is 0 Å². The number of nitrogens with zero attached hydrogens (tertiary/aromatic N) is 2. The van der Waals surface area contributed by atoms with Gasteiger partial charge in [-0.2, -0.15) is 4.99 Å². The van der Waals surface area contributed by atoms with Crippen molar-refractivity contribution in [1.29, 1.82) is 0 Å². The molecule has 0 atom stereocenters. The van der Waals surface area contributed by atoms with Gasteiger partial charge in [-0.1, -0.05) is 23.6 Å². The van der Waals surface area contributed by atoms with Gasteiger partial charge in [-0.25, -0.2) is 0 Å². The lowest BCUT2D eigenvalue weighted by Gasteiger charge is -1.97. The third-order valence-corrected chi connectivity index (χ3v) is 1.85. The number of aliphatic imine (C=N–C) groups is 1. The van der Waals surface area contributed by atoms with Gasteiger partial charge in [-0.15, -0.1) is 0 Å². The summed E-state index contributed by atoms with van der Waals surface area (Å²) in [7, 11) is 0. The molecule has 0 N–H and O–H groups in total. The minimum absolute atomic E-state index is 0.820. The molecule has 0 bridgehead atoms. The molecule has 1 radical (unpaired) electrons. The second-order valence-corrected chi connectivity index (χ2v) is 2.67. The molecule has 0 aliphatic carbocycles. The quantitative estimate of drug-likeness (QED) is 0.464. The van der Waals surface area contributed by atoms with E-state index < -0.39 is 0 Å². The molecule has 1 aliphatic rings. The molecule has 0 saturated heterocycles. The number of rotatable bonds is 2. The number of anilines is 1. The number of hydrogen-bond donors (Lipinski definition) is 0. The van der Waals surface area contributed by atoms with Crippen molar-refractivity contribution in [2.24, 2.45) is 4.99 Å². The number of fused-ring (bicyclic) bond motifs is 1. The molecule has 0 saturated carbocycles. The van der Waals surface area contributed by atoms with Crippen molar-refractivity contribution in [2.75, 3.05) is 6.54 Å². The van der Waals surface area contributed by atoms with Crippen molar-refractivity contribution in [3.05, 3.63) is 36.9 Å². The fourth-order valence-corrected chi connectivity index (χ4v) is 1.29. The Balaban J connectivity index is 2.35. The minimum Gasteiger partial charge on any atom is -0.193 e. The highest BCUT2D eigenvalue weighted by Gasteiger charge is 2.24. The van der Waals surface area contributed by atoms with E-state index >= 15 is 0 Å². The Morgan fingerprint density at radius 1 is 1.42 bits per heavy atom. The van der Waals surface area contributed by atoms with Crippen molar-refractivity contribution in [3.8, 4) is 0 Å². The molecule has 0 fully saturated rings. The Kier molecular flexibility index (Phi) is 1.76. The fourth-order valence-electron chi connectivity index (χ4n) is 1.29. The Morgan fingerprint density at radius 3 is 3.08 bits per heavy atom. The first-order valence-electron chi connectivity index (χ1n) is 3.92. The number of para-hydroxylation sites is 2. The summed E-state index contributed by atoms with van der Waals surface area (Å²) in [4.78, 5) is 6.32. The Morgan fingerprint density at radius 2 is 2.25 bits per heavy atom. The van der Waals surface area contributed by atoms with Gasteiger partial charge >= 0.3 is 0 Å². The molecule has 0 amide bonds. The first-order valence-corrected chi connectivity index (χ1v) is 3.92. The van der Waals surface area contributed by atoms with E-state index in [1.54, 1.807) is 0 Å². The third kappa shape index (κ3) is 1.06. The number of benzene rings is 1. The van der Waals surface area contributed by atoms with Gasteiger partial charge < -0.3 is 0 Å². The fraction of sp³-hybridized carbons (Fsp3) is 0.100. The Bertz CT molecular complexity index is 328. The van der Waals surface area contributed by atoms with Gasteiger partial charge in [-0.05, 0) is 12.1 Å². The second-order valence-electron chi connectivity index (χ2n) is 2.67. The molecule has 1 aromatic rings. The minimum atomic E-state index is 0.820. The molecule has 2 nitrogen and oxygen atoms in total. The molecule has 1 heterocycles. The molecule has 1 aliphatic heterocycles. The molecule has 12 heavy (non-hydrogen) atoms. The first kappa shape index (κ1) is 7.25. The summed E-state index contributed by atoms with van der Waals surface area (Å²) in [6.07, 6.45) is 3.71. The standard InChI is InChI=1S/C10H10N2/c1-2-7-12-8-11-9-5-3-4-6-10(9)12/h2-6,8H,1,7H2/q+1. The van der Waals surface area contributed by atoms with Crippen LogP contribution in [0.15, 0.2) is 41.9 Å². The van der Waals surface area contributed by atoms with E-state index in [0.29, 0.717) is 0 Å². The summed E-state index contributed by atoms with van der Waals surface area (Å²) < 4.78 is 0. The lowest BCUT2D eigenvalue weighted by molar-refractivity contribution is 0.850. The molecule has 59 valence electrons. The largest absolute Gasteiger partial charge is 0.245 e. The molecule has 2 heteroatoms. The monoisotopic (exact) mass is 158 g/mol. The van der Waals surface area contributed by atoms with E-state index in [2.05, 4.69) is 22.5 Å². The highest BCUT2D eigenvalue weighted by Crippen LogP contribution is 2.30. The molecular formula is C10H10N2+. The highest BCUT2D eigenvalue weighted by atomic mass is 15.2. The number of hydrogen-bond acceptors (Lipinski definition) is 2. The van der Waals surface area contributed by atoms with Crippen LogP contribution in [0, 0.1) is 0 Å². The van der Waals surface area contributed by atoms with Gasteiger partial charge in [0, 0.05) is 6.07 Å². The van der Waals surface area contributed by atoms with E-state index in [4.69, 9.17) is 0 Å². The topological polar surface area (TPSA) is 18.3 Å². The molecule has 0 unspecified atom stereocenters. The van der Waals surface area contributed by atoms with E-state index in [1.165, 1.54) is 0 Å². The zero-order valence-corrected chi connectivity index (χ0v) is 6.77. The van der Waals surface area contributed by atoms with Crippen LogP contribution in [-0.2, 0) is 0 Å². The lowest BCUT2D eigenvalue weighted by Crippen LogP contribution is -2.18. The van der Waals surface area contributed by atoms with Crippen LogP contribution in [-0.4, -0.2) is 12.9 Å². The summed E-state index contributed by atoms with van der Waals surface area (Å²) in [5, 5.41) is 0. The summed E-state index contributed by atoms with van der Waals surface area (Å²) in [5.74, 6) is 0. The summed E-state index contributed by atoms with van der Waals surface area (Å²) >= 11 is 0. The van der Waals surface area contributed by atoms with Crippen molar-refractivity contribution in [1.82, 2.24) is 4.90 Å². The van der Waals surface area contributed by atoms with Gasteiger partial charge in [0.1, 0.15) is 5.69 Å². The second kappa shape index (κ2) is 2.91. The van der Waals surface area contributed by atoms with E-state index in [-0.39, 0.29) is 0 Å². The predicted molar refractivity (Wildman–Crippen MR) is 51.5 cm³/mol. The highest BCUT2D eigenvalue weighted by molar-refractivity contribution is 5.84. The smallest absolute Gasteiger partial charge is 0.193 e. The average Bonchev–Trinajstić information content (AvgIpc) is 2.50. The molecule has 0 aromatic heterocycles. The molecule has 0 spiro atoms. The maximum atomic E-state index is 4.25. The zero-order valence-electron chi connectivity index (χ0n) is 6.77. The summed E-state index contributed by atoms with van der Waals surface area (Å²) in [6, 6.07) is 8.08. The third-order valence-electron chi connectivity index (χ3n) is 1.85. The first-order chi connectivity index (χ1) is 5.92. The van der Waals surface area contributed by atoms with Crippen LogP contribution in [0.5, 0.6) is 0 Å². The van der Waals surface area contributed by atoms with Crippen LogP contribution in [0.3, 0.4) is 0 Å². The predicted octanol–water partition coefficient (Wildman–Crippen LogP) is 2.32.